The topological polar surface area (TPSA) is 126 Å². The maximum atomic E-state index is 12.4. The Balaban J connectivity index is 2.01. The zero-order valence-corrected chi connectivity index (χ0v) is 16.0. The van der Waals surface area contributed by atoms with Crippen molar-refractivity contribution in [3.05, 3.63) is 59.4 Å². The molecule has 0 bridgehead atoms. The number of esters is 2. The summed E-state index contributed by atoms with van der Waals surface area (Å²) in [5, 5.41) is 9.38. The van der Waals surface area contributed by atoms with E-state index in [1.807, 2.05) is 6.07 Å². The molecule has 9 heteroatoms. The normalized spacial score (nSPS) is 11.2. The Bertz CT molecular complexity index is 1240. The number of carbonyl (C=O) groups is 2. The lowest BCUT2D eigenvalue weighted by Gasteiger charge is -2.24. The largest absolute Gasteiger partial charge is 0.465 e. The summed E-state index contributed by atoms with van der Waals surface area (Å²) in [6, 6.07) is 11.8. The molecule has 0 fully saturated rings. The van der Waals surface area contributed by atoms with E-state index >= 15 is 0 Å². The van der Waals surface area contributed by atoms with E-state index in [-0.39, 0.29) is 39.7 Å². The zero-order chi connectivity index (χ0) is 21.4. The molecule has 0 spiro atoms. The summed E-state index contributed by atoms with van der Waals surface area (Å²) in [5.41, 5.74) is 6.31. The number of nitriles is 1. The van der Waals surface area contributed by atoms with Gasteiger partial charge in [0.2, 0.25) is 0 Å². The van der Waals surface area contributed by atoms with Gasteiger partial charge in [0.25, 0.3) is 0 Å². The van der Waals surface area contributed by atoms with Gasteiger partial charge in [0.1, 0.15) is 6.07 Å². The van der Waals surface area contributed by atoms with Crippen LogP contribution in [0.5, 0.6) is 23.0 Å². The first-order valence-corrected chi connectivity index (χ1v) is 8.69. The van der Waals surface area contributed by atoms with Gasteiger partial charge in [-0.25, -0.2) is 9.59 Å². The number of carbonyl (C=O) groups excluding carboxylic acids is 2. The van der Waals surface area contributed by atoms with E-state index in [1.54, 1.807) is 24.3 Å². The predicted octanol–water partition coefficient (Wildman–Crippen LogP) is 3.40. The summed E-state index contributed by atoms with van der Waals surface area (Å²) in [4.78, 5) is 24.6. The Kier molecular flexibility index (Phi) is 4.52. The first kappa shape index (κ1) is 18.9. The predicted molar refractivity (Wildman–Crippen MR) is 104 cm³/mol. The van der Waals surface area contributed by atoms with Gasteiger partial charge in [-0.3, -0.25) is 0 Å². The molecule has 2 N–H and O–H groups in total. The first-order chi connectivity index (χ1) is 14.5. The highest BCUT2D eigenvalue weighted by molar-refractivity contribution is 5.97. The van der Waals surface area contributed by atoms with Crippen LogP contribution in [0.2, 0.25) is 0 Å². The number of anilines is 1. The van der Waals surface area contributed by atoms with E-state index < -0.39 is 11.9 Å². The average Bonchev–Trinajstić information content (AvgIpc) is 3.11. The Hall–Kier alpha value is -4.45. The summed E-state index contributed by atoms with van der Waals surface area (Å²) < 4.78 is 22.9. The highest BCUT2D eigenvalue weighted by atomic mass is 16.6. The van der Waals surface area contributed by atoms with Gasteiger partial charge in [0.05, 0.1) is 36.7 Å². The molecule has 1 aromatic heterocycles. The molecule has 0 amide bonds. The molecule has 3 aromatic rings. The van der Waals surface area contributed by atoms with Gasteiger partial charge >= 0.3 is 11.9 Å². The number of benzene rings is 2. The Morgan fingerprint density at radius 3 is 2.33 bits per heavy atom. The lowest BCUT2D eigenvalue weighted by molar-refractivity contribution is 0.0588. The summed E-state index contributed by atoms with van der Waals surface area (Å²) in [7, 11) is 2.44. The van der Waals surface area contributed by atoms with Crippen LogP contribution in [-0.4, -0.2) is 30.7 Å². The second-order valence-electron chi connectivity index (χ2n) is 6.24. The maximum absolute atomic E-state index is 12.4. The Morgan fingerprint density at radius 2 is 1.70 bits per heavy atom. The number of nitrogen functional groups attached to an aromatic ring is 1. The number of methoxy groups -OCH3 is 2. The molecule has 1 aliphatic rings. The van der Waals surface area contributed by atoms with Gasteiger partial charge in [-0.1, -0.05) is 12.1 Å². The third-order valence-electron chi connectivity index (χ3n) is 4.54. The third-order valence-corrected chi connectivity index (χ3v) is 4.54. The third kappa shape index (κ3) is 2.87. The van der Waals surface area contributed by atoms with E-state index in [4.69, 9.17) is 24.7 Å². The average molecular weight is 405 g/mol. The molecule has 150 valence electrons. The number of rotatable bonds is 3. The second kappa shape index (κ2) is 7.18. The molecule has 4 rings (SSSR count). The minimum atomic E-state index is -0.761. The molecule has 2 aromatic carbocycles. The van der Waals surface area contributed by atoms with E-state index in [0.29, 0.717) is 11.5 Å². The minimum absolute atomic E-state index is 0.0568. The molecule has 0 radical (unpaired) electrons. The van der Waals surface area contributed by atoms with E-state index in [2.05, 4.69) is 0 Å². The van der Waals surface area contributed by atoms with Gasteiger partial charge < -0.3 is 29.2 Å². The van der Waals surface area contributed by atoms with Gasteiger partial charge in [-0.2, -0.15) is 5.26 Å². The number of hydrogen-bond acceptors (Lipinski definition) is 8. The van der Waals surface area contributed by atoms with Crippen molar-refractivity contribution in [1.82, 2.24) is 4.57 Å². The Labute approximate surface area is 170 Å². The van der Waals surface area contributed by atoms with Gasteiger partial charge in [-0.15, -0.1) is 0 Å². The van der Waals surface area contributed by atoms with Crippen molar-refractivity contribution >= 4 is 17.6 Å². The number of nitrogens with two attached hydrogens (primary N) is 1. The van der Waals surface area contributed by atoms with Crippen molar-refractivity contribution in [2.24, 2.45) is 0 Å². The molecule has 0 atom stereocenters. The number of para-hydroxylation sites is 2. The van der Waals surface area contributed by atoms with Crippen LogP contribution in [0.15, 0.2) is 42.6 Å². The van der Waals surface area contributed by atoms with E-state index in [0.717, 1.165) is 0 Å². The van der Waals surface area contributed by atoms with Crippen LogP contribution in [0.3, 0.4) is 0 Å². The fourth-order valence-corrected chi connectivity index (χ4v) is 3.13. The summed E-state index contributed by atoms with van der Waals surface area (Å²) >= 11 is 0. The molecule has 0 unspecified atom stereocenters. The SMILES string of the molecule is COC(=O)c1cc2c(c(-n3cc(C#N)c(N)c3C(=O)OC)c1)Oc1ccccc1O2. The fourth-order valence-electron chi connectivity index (χ4n) is 3.13. The summed E-state index contributed by atoms with van der Waals surface area (Å²) in [6.07, 6.45) is 1.36. The first-order valence-electron chi connectivity index (χ1n) is 8.69. The zero-order valence-electron chi connectivity index (χ0n) is 16.0. The monoisotopic (exact) mass is 405 g/mol. The fraction of sp³-hybridized carbons (Fsp3) is 0.0952. The van der Waals surface area contributed by atoms with Crippen LogP contribution in [0.1, 0.15) is 26.4 Å². The molecular formula is C21H15N3O6. The van der Waals surface area contributed by atoms with Crippen molar-refractivity contribution in [2.45, 2.75) is 0 Å². The highest BCUT2D eigenvalue weighted by Gasteiger charge is 2.29. The van der Waals surface area contributed by atoms with Crippen molar-refractivity contribution < 1.29 is 28.5 Å². The molecule has 30 heavy (non-hydrogen) atoms. The van der Waals surface area contributed by atoms with Crippen LogP contribution in [0.25, 0.3) is 5.69 Å². The van der Waals surface area contributed by atoms with Crippen LogP contribution in [-0.2, 0) is 9.47 Å². The van der Waals surface area contributed by atoms with Gasteiger partial charge in [-0.05, 0) is 24.3 Å². The van der Waals surface area contributed by atoms with Gasteiger partial charge in [0.15, 0.2) is 28.7 Å². The maximum Gasteiger partial charge on any atom is 0.357 e. The van der Waals surface area contributed by atoms with E-state index in [9.17, 15) is 14.9 Å². The molecular weight excluding hydrogens is 390 g/mol. The van der Waals surface area contributed by atoms with Crippen molar-refractivity contribution in [3.63, 3.8) is 0 Å². The minimum Gasteiger partial charge on any atom is -0.465 e. The number of hydrogen-bond donors (Lipinski definition) is 1. The van der Waals surface area contributed by atoms with Crippen LogP contribution < -0.4 is 15.2 Å². The van der Waals surface area contributed by atoms with E-state index in [1.165, 1.54) is 37.1 Å². The molecule has 2 heterocycles. The van der Waals surface area contributed by atoms with Crippen LogP contribution in [0.4, 0.5) is 5.69 Å². The molecule has 1 aliphatic heterocycles. The summed E-state index contributed by atoms with van der Waals surface area (Å²) in [6.45, 7) is 0. The molecule has 0 aliphatic carbocycles. The van der Waals surface area contributed by atoms with Crippen molar-refractivity contribution in [1.29, 1.82) is 5.26 Å². The smallest absolute Gasteiger partial charge is 0.357 e. The summed E-state index contributed by atoms with van der Waals surface area (Å²) in [5.74, 6) is -0.0301. The number of ether oxygens (including phenoxy) is 4. The van der Waals surface area contributed by atoms with Crippen LogP contribution >= 0.6 is 0 Å². The van der Waals surface area contributed by atoms with Gasteiger partial charge in [0, 0.05) is 6.20 Å². The standard InChI is InChI=1S/C21H15N3O6/c1-27-20(25)11-7-13(24-10-12(9-22)17(23)18(24)21(26)28-2)19-16(8-11)29-14-5-3-4-6-15(14)30-19/h3-8,10H,23H2,1-2H3. The lowest BCUT2D eigenvalue weighted by Crippen LogP contribution is -2.14. The number of fused-ring (bicyclic) bond motifs is 2. The number of aromatic nitrogens is 1. The second-order valence-corrected chi connectivity index (χ2v) is 6.24. The molecule has 9 nitrogen and oxygen atoms in total. The lowest BCUT2D eigenvalue weighted by atomic mass is 10.1. The van der Waals surface area contributed by atoms with Crippen molar-refractivity contribution in [3.8, 4) is 34.8 Å². The quantitative estimate of drug-likeness (QED) is 0.514. The van der Waals surface area contributed by atoms with Crippen LogP contribution in [0, 0.1) is 11.3 Å². The Morgan fingerprint density at radius 1 is 1.03 bits per heavy atom. The molecule has 0 saturated carbocycles. The molecule has 0 saturated heterocycles. The van der Waals surface area contributed by atoms with Crippen molar-refractivity contribution in [2.75, 3.05) is 20.0 Å². The number of nitrogens with zero attached hydrogens (tertiary/aromatic N) is 2. The highest BCUT2D eigenvalue weighted by Crippen LogP contribution is 2.49.